The normalized spacial score (nSPS) is 11.9. The summed E-state index contributed by atoms with van der Waals surface area (Å²) in [4.78, 5) is 11.3. The molecule has 1 N–H and O–H groups in total. The Hall–Kier alpha value is -0.180. The molecule has 0 unspecified atom stereocenters. The zero-order valence-electron chi connectivity index (χ0n) is 10.0. The summed E-state index contributed by atoms with van der Waals surface area (Å²) < 4.78 is 0. The molecule has 0 aliphatic heterocycles. The van der Waals surface area contributed by atoms with Crippen LogP contribution in [-0.2, 0) is 4.79 Å². The van der Waals surface area contributed by atoms with E-state index in [2.05, 4.69) is 39.9 Å². The Kier molecular flexibility index (Phi) is 6.25. The van der Waals surface area contributed by atoms with Gasteiger partial charge in [-0.25, -0.2) is 0 Å². The smallest absolute Gasteiger partial charge is 0.230 e. The first kappa shape index (κ1) is 13.8. The third-order valence-electron chi connectivity index (χ3n) is 1.48. The topological polar surface area (TPSA) is 29.1 Å². The molecule has 0 aliphatic carbocycles. The van der Waals surface area contributed by atoms with Gasteiger partial charge in [0.05, 0.1) is 5.75 Å². The van der Waals surface area contributed by atoms with Crippen LogP contribution in [0.2, 0.25) is 0 Å². The maximum Gasteiger partial charge on any atom is 0.230 e. The Balaban J connectivity index is 3.46. The molecule has 0 aromatic carbocycles. The molecule has 0 aromatic heterocycles. The predicted octanol–water partition coefficient (Wildman–Crippen LogP) is 2.54. The Morgan fingerprint density at radius 3 is 2.36 bits per heavy atom. The van der Waals surface area contributed by atoms with Crippen molar-refractivity contribution in [3.8, 4) is 0 Å². The van der Waals surface area contributed by atoms with E-state index in [-0.39, 0.29) is 5.91 Å². The van der Waals surface area contributed by atoms with E-state index >= 15 is 0 Å². The van der Waals surface area contributed by atoms with Crippen LogP contribution in [0.5, 0.6) is 0 Å². The molecule has 3 heteroatoms. The lowest BCUT2D eigenvalue weighted by Crippen LogP contribution is -2.29. The molecular weight excluding hydrogens is 194 g/mol. The lowest BCUT2D eigenvalue weighted by Gasteiger charge is -2.17. The zero-order chi connectivity index (χ0) is 11.2. The van der Waals surface area contributed by atoms with Crippen molar-refractivity contribution in [3.05, 3.63) is 0 Å². The van der Waals surface area contributed by atoms with Gasteiger partial charge in [0.15, 0.2) is 0 Å². The van der Waals surface area contributed by atoms with Gasteiger partial charge in [-0.15, -0.1) is 0 Å². The lowest BCUT2D eigenvalue weighted by atomic mass is 10.0. The molecule has 0 bridgehead atoms. The molecule has 1 amide bonds. The van der Waals surface area contributed by atoms with Crippen LogP contribution >= 0.6 is 11.8 Å². The fraction of sp³-hybridized carbons (Fsp3) is 0.909. The number of carbonyl (C=O) groups excluding carboxylic acids is 1. The second kappa shape index (κ2) is 6.33. The minimum atomic E-state index is 0.160. The molecule has 0 aromatic rings. The summed E-state index contributed by atoms with van der Waals surface area (Å²) in [5.41, 5.74) is 0.309. The first-order chi connectivity index (χ1) is 6.31. The van der Waals surface area contributed by atoms with Gasteiger partial charge in [0, 0.05) is 6.54 Å². The fourth-order valence-corrected chi connectivity index (χ4v) is 1.82. The molecule has 84 valence electrons. The van der Waals surface area contributed by atoms with Crippen molar-refractivity contribution in [1.29, 1.82) is 0 Å². The van der Waals surface area contributed by atoms with Gasteiger partial charge in [-0.3, -0.25) is 4.79 Å². The van der Waals surface area contributed by atoms with Gasteiger partial charge in [0.2, 0.25) is 5.91 Å². The SMILES string of the molecule is CC(C)CNC(=O)CSCC(C)(C)C. The van der Waals surface area contributed by atoms with E-state index in [0.29, 0.717) is 17.1 Å². The second-order valence-electron chi connectivity index (χ2n) is 5.25. The first-order valence-corrected chi connectivity index (χ1v) is 6.31. The molecular formula is C11H23NOS. The largest absolute Gasteiger partial charge is 0.355 e. The molecule has 0 spiro atoms. The van der Waals surface area contributed by atoms with Crippen LogP contribution in [0.1, 0.15) is 34.6 Å². The van der Waals surface area contributed by atoms with E-state index in [9.17, 15) is 4.79 Å². The number of hydrogen-bond donors (Lipinski definition) is 1. The monoisotopic (exact) mass is 217 g/mol. The molecule has 2 nitrogen and oxygen atoms in total. The van der Waals surface area contributed by atoms with Gasteiger partial charge >= 0.3 is 0 Å². The lowest BCUT2D eigenvalue weighted by molar-refractivity contribution is -0.118. The highest BCUT2D eigenvalue weighted by Crippen LogP contribution is 2.19. The summed E-state index contributed by atoms with van der Waals surface area (Å²) in [6.07, 6.45) is 0. The van der Waals surface area contributed by atoms with E-state index in [1.165, 1.54) is 0 Å². The molecule has 0 fully saturated rings. The summed E-state index contributed by atoms with van der Waals surface area (Å²) in [6, 6.07) is 0. The highest BCUT2D eigenvalue weighted by molar-refractivity contribution is 7.99. The van der Waals surface area contributed by atoms with Crippen LogP contribution in [0, 0.1) is 11.3 Å². The van der Waals surface area contributed by atoms with E-state index in [0.717, 1.165) is 12.3 Å². The van der Waals surface area contributed by atoms with Crippen molar-refractivity contribution in [2.75, 3.05) is 18.1 Å². The molecule has 0 saturated carbocycles. The second-order valence-corrected chi connectivity index (χ2v) is 6.24. The van der Waals surface area contributed by atoms with Crippen molar-refractivity contribution in [1.82, 2.24) is 5.32 Å². The number of carbonyl (C=O) groups is 1. The van der Waals surface area contributed by atoms with Crippen molar-refractivity contribution in [2.24, 2.45) is 11.3 Å². The Morgan fingerprint density at radius 1 is 1.36 bits per heavy atom. The van der Waals surface area contributed by atoms with Crippen LogP contribution in [0.3, 0.4) is 0 Å². The first-order valence-electron chi connectivity index (χ1n) is 5.16. The van der Waals surface area contributed by atoms with Crippen LogP contribution in [-0.4, -0.2) is 24.0 Å². The molecule has 0 saturated heterocycles. The van der Waals surface area contributed by atoms with Crippen molar-refractivity contribution in [2.45, 2.75) is 34.6 Å². The number of amides is 1. The van der Waals surface area contributed by atoms with Crippen LogP contribution in [0.25, 0.3) is 0 Å². The highest BCUT2D eigenvalue weighted by Gasteiger charge is 2.11. The molecule has 14 heavy (non-hydrogen) atoms. The minimum Gasteiger partial charge on any atom is -0.355 e. The highest BCUT2D eigenvalue weighted by atomic mass is 32.2. The van der Waals surface area contributed by atoms with Crippen LogP contribution < -0.4 is 5.32 Å². The van der Waals surface area contributed by atoms with E-state index < -0.39 is 0 Å². The molecule has 0 aliphatic rings. The average Bonchev–Trinajstić information content (AvgIpc) is 1.98. The molecule has 0 radical (unpaired) electrons. The molecule has 0 atom stereocenters. The maximum absolute atomic E-state index is 11.3. The minimum absolute atomic E-state index is 0.160. The third kappa shape index (κ3) is 9.90. The van der Waals surface area contributed by atoms with E-state index in [4.69, 9.17) is 0 Å². The summed E-state index contributed by atoms with van der Waals surface area (Å²) in [5, 5.41) is 2.91. The number of thioether (sulfide) groups is 1. The van der Waals surface area contributed by atoms with Gasteiger partial charge in [0.1, 0.15) is 0 Å². The Bertz CT molecular complexity index is 173. The average molecular weight is 217 g/mol. The zero-order valence-corrected chi connectivity index (χ0v) is 10.8. The summed E-state index contributed by atoms with van der Waals surface area (Å²) in [5.74, 6) is 2.31. The van der Waals surface area contributed by atoms with Crippen LogP contribution in [0.15, 0.2) is 0 Å². The maximum atomic E-state index is 11.3. The van der Waals surface area contributed by atoms with Crippen molar-refractivity contribution in [3.63, 3.8) is 0 Å². The Labute approximate surface area is 92.2 Å². The standard InChI is InChI=1S/C11H23NOS/c1-9(2)6-12-10(13)7-14-8-11(3,4)5/h9H,6-8H2,1-5H3,(H,12,13). The summed E-state index contributed by atoms with van der Waals surface area (Å²) in [6.45, 7) is 11.5. The van der Waals surface area contributed by atoms with Crippen molar-refractivity contribution >= 4 is 17.7 Å². The molecule has 0 heterocycles. The van der Waals surface area contributed by atoms with Gasteiger partial charge in [-0.2, -0.15) is 11.8 Å². The number of nitrogens with one attached hydrogen (secondary N) is 1. The fourth-order valence-electron chi connectivity index (χ4n) is 0.819. The summed E-state index contributed by atoms with van der Waals surface area (Å²) in [7, 11) is 0. The van der Waals surface area contributed by atoms with Crippen LogP contribution in [0.4, 0.5) is 0 Å². The van der Waals surface area contributed by atoms with Gasteiger partial charge in [-0.1, -0.05) is 34.6 Å². The van der Waals surface area contributed by atoms with Gasteiger partial charge < -0.3 is 5.32 Å². The summed E-state index contributed by atoms with van der Waals surface area (Å²) >= 11 is 1.71. The van der Waals surface area contributed by atoms with Gasteiger partial charge in [0.25, 0.3) is 0 Å². The van der Waals surface area contributed by atoms with Gasteiger partial charge in [-0.05, 0) is 17.1 Å². The number of rotatable bonds is 5. The Morgan fingerprint density at radius 2 is 1.93 bits per heavy atom. The van der Waals surface area contributed by atoms with E-state index in [1.807, 2.05) is 0 Å². The molecule has 0 rings (SSSR count). The third-order valence-corrected chi connectivity index (χ3v) is 3.01. The van der Waals surface area contributed by atoms with E-state index in [1.54, 1.807) is 11.8 Å². The number of hydrogen-bond acceptors (Lipinski definition) is 2. The quantitative estimate of drug-likeness (QED) is 0.767. The van der Waals surface area contributed by atoms with Crippen molar-refractivity contribution < 1.29 is 4.79 Å². The predicted molar refractivity (Wildman–Crippen MR) is 64.6 cm³/mol.